The monoisotopic (exact) mass is 240 g/mol. The lowest BCUT2D eigenvalue weighted by atomic mass is 9.60. The largest absolute Gasteiger partial charge is 0.299 e. The van der Waals surface area contributed by atoms with Crippen molar-refractivity contribution in [2.24, 2.45) is 47.3 Å². The van der Waals surface area contributed by atoms with Gasteiger partial charge in [-0.1, -0.05) is 24.3 Å². The fourth-order valence-electron chi connectivity index (χ4n) is 5.64. The fourth-order valence-corrected chi connectivity index (χ4v) is 5.64. The highest BCUT2D eigenvalue weighted by atomic mass is 16.1. The van der Waals surface area contributed by atoms with E-state index in [0.717, 1.165) is 12.8 Å². The van der Waals surface area contributed by atoms with E-state index >= 15 is 0 Å². The summed E-state index contributed by atoms with van der Waals surface area (Å²) >= 11 is 0. The van der Waals surface area contributed by atoms with Crippen molar-refractivity contribution in [3.8, 4) is 0 Å². The van der Waals surface area contributed by atoms with Crippen LogP contribution in [0.25, 0.3) is 0 Å². The van der Waals surface area contributed by atoms with Gasteiger partial charge in [-0.2, -0.15) is 0 Å². The number of Topliss-reactive ketones (excluding diaryl/α,β-unsaturated/α-hetero) is 2. The predicted octanol–water partition coefficient (Wildman–Crippen LogP) is 2.01. The van der Waals surface area contributed by atoms with Crippen LogP contribution in [0.1, 0.15) is 12.8 Å². The molecule has 0 aromatic heterocycles. The van der Waals surface area contributed by atoms with E-state index in [1.807, 2.05) is 0 Å². The van der Waals surface area contributed by atoms with Gasteiger partial charge in [0.15, 0.2) is 0 Å². The van der Waals surface area contributed by atoms with Gasteiger partial charge in [0.25, 0.3) is 0 Å². The second kappa shape index (κ2) is 2.87. The van der Waals surface area contributed by atoms with E-state index in [1.54, 1.807) is 0 Å². The number of hydrogen-bond acceptors (Lipinski definition) is 2. The molecule has 0 heterocycles. The molecule has 2 heteroatoms. The first-order chi connectivity index (χ1) is 8.75. The summed E-state index contributed by atoms with van der Waals surface area (Å²) in [5.41, 5.74) is 0. The average molecular weight is 240 g/mol. The van der Waals surface area contributed by atoms with Crippen molar-refractivity contribution in [2.45, 2.75) is 12.8 Å². The maximum Gasteiger partial charge on any atom is 0.141 e. The number of ketones is 2. The van der Waals surface area contributed by atoms with Gasteiger partial charge in [0.2, 0.25) is 0 Å². The van der Waals surface area contributed by atoms with Crippen LogP contribution in [0.2, 0.25) is 0 Å². The third-order valence-corrected chi connectivity index (χ3v) is 6.23. The van der Waals surface area contributed by atoms with E-state index in [2.05, 4.69) is 24.3 Å². The minimum absolute atomic E-state index is 0.0431. The zero-order valence-electron chi connectivity index (χ0n) is 10.2. The van der Waals surface area contributed by atoms with Gasteiger partial charge in [-0.15, -0.1) is 0 Å². The van der Waals surface area contributed by atoms with Crippen LogP contribution in [0.3, 0.4) is 0 Å². The first-order valence-electron chi connectivity index (χ1n) is 7.20. The molecule has 0 amide bonds. The molecule has 3 saturated carbocycles. The predicted molar refractivity (Wildman–Crippen MR) is 65.4 cm³/mol. The van der Waals surface area contributed by atoms with E-state index in [0.29, 0.717) is 35.2 Å². The van der Waals surface area contributed by atoms with Crippen molar-refractivity contribution in [3.05, 3.63) is 24.3 Å². The second-order valence-electron chi connectivity index (χ2n) is 6.80. The van der Waals surface area contributed by atoms with Gasteiger partial charge in [0, 0.05) is 23.7 Å². The maximum absolute atomic E-state index is 12.8. The van der Waals surface area contributed by atoms with Crippen LogP contribution in [0.4, 0.5) is 0 Å². The Hall–Kier alpha value is -1.18. The highest BCUT2D eigenvalue weighted by Crippen LogP contribution is 2.60. The molecule has 0 aliphatic heterocycles. The minimum Gasteiger partial charge on any atom is -0.299 e. The Morgan fingerprint density at radius 3 is 1.17 bits per heavy atom. The topological polar surface area (TPSA) is 34.1 Å². The lowest BCUT2D eigenvalue weighted by molar-refractivity contribution is -0.148. The van der Waals surface area contributed by atoms with Crippen molar-refractivity contribution in [3.63, 3.8) is 0 Å². The molecule has 18 heavy (non-hydrogen) atoms. The molecule has 92 valence electrons. The molecule has 8 atom stereocenters. The van der Waals surface area contributed by atoms with E-state index in [9.17, 15) is 9.59 Å². The number of rotatable bonds is 0. The van der Waals surface area contributed by atoms with Gasteiger partial charge < -0.3 is 0 Å². The zero-order valence-corrected chi connectivity index (χ0v) is 10.2. The van der Waals surface area contributed by atoms with Crippen LogP contribution >= 0.6 is 0 Å². The lowest BCUT2D eigenvalue weighted by Gasteiger charge is -2.40. The third-order valence-electron chi connectivity index (χ3n) is 6.23. The second-order valence-corrected chi connectivity index (χ2v) is 6.80. The molecule has 3 fully saturated rings. The van der Waals surface area contributed by atoms with Crippen molar-refractivity contribution in [1.82, 2.24) is 0 Å². The Labute approximate surface area is 106 Å². The molecule has 0 aromatic rings. The van der Waals surface area contributed by atoms with Crippen LogP contribution in [0.5, 0.6) is 0 Å². The lowest BCUT2D eigenvalue weighted by Crippen LogP contribution is -2.50. The van der Waals surface area contributed by atoms with Crippen LogP contribution < -0.4 is 0 Å². The summed E-state index contributed by atoms with van der Waals surface area (Å²) in [5.74, 6) is 2.53. The van der Waals surface area contributed by atoms with Crippen LogP contribution in [0, 0.1) is 47.3 Å². The van der Waals surface area contributed by atoms with E-state index in [-0.39, 0.29) is 23.7 Å². The van der Waals surface area contributed by atoms with Gasteiger partial charge in [0.1, 0.15) is 11.6 Å². The molecule has 0 aromatic carbocycles. The summed E-state index contributed by atoms with van der Waals surface area (Å²) in [6.07, 6.45) is 10.9. The Bertz CT molecular complexity index is 441. The number of hydrogen-bond donors (Lipinski definition) is 0. The molecule has 0 N–H and O–H groups in total. The Balaban J connectivity index is 1.65. The van der Waals surface area contributed by atoms with Gasteiger partial charge in [-0.25, -0.2) is 0 Å². The minimum atomic E-state index is 0.0431. The molecule has 5 aliphatic carbocycles. The van der Waals surface area contributed by atoms with Crippen molar-refractivity contribution in [1.29, 1.82) is 0 Å². The summed E-state index contributed by atoms with van der Waals surface area (Å²) in [6, 6.07) is 0. The molecule has 0 spiro atoms. The molecule has 5 aliphatic rings. The van der Waals surface area contributed by atoms with Gasteiger partial charge >= 0.3 is 0 Å². The summed E-state index contributed by atoms with van der Waals surface area (Å²) in [5, 5.41) is 0. The van der Waals surface area contributed by atoms with Crippen LogP contribution in [0.15, 0.2) is 24.3 Å². The highest BCUT2D eigenvalue weighted by Gasteiger charge is 2.63. The standard InChI is InChI=1S/C16H16O2/c17-15-11-7-1-2-8(5-7)12(11)16(18)14-10-4-3-9(6-10)13(14)15/h1-4,7-14H,5-6H2. The van der Waals surface area contributed by atoms with Crippen molar-refractivity contribution >= 4 is 11.6 Å². The first-order valence-corrected chi connectivity index (χ1v) is 7.20. The smallest absolute Gasteiger partial charge is 0.141 e. The molecule has 4 bridgehead atoms. The van der Waals surface area contributed by atoms with Crippen LogP contribution in [-0.2, 0) is 9.59 Å². The maximum atomic E-state index is 12.8. The van der Waals surface area contributed by atoms with Gasteiger partial charge in [0.05, 0.1) is 0 Å². The molecule has 2 nitrogen and oxygen atoms in total. The zero-order chi connectivity index (χ0) is 12.0. The Kier molecular flexibility index (Phi) is 1.55. The van der Waals surface area contributed by atoms with Crippen LogP contribution in [-0.4, -0.2) is 11.6 Å². The molecular weight excluding hydrogens is 224 g/mol. The highest BCUT2D eigenvalue weighted by molar-refractivity contribution is 6.02. The molecule has 0 saturated heterocycles. The van der Waals surface area contributed by atoms with E-state index < -0.39 is 0 Å². The summed E-state index contributed by atoms with van der Waals surface area (Å²) in [4.78, 5) is 25.6. The quantitative estimate of drug-likeness (QED) is 0.607. The third kappa shape index (κ3) is 0.877. The first kappa shape index (κ1) is 9.71. The SMILES string of the molecule is O=C1C2C3C=CC(C3)C2C(=O)C2C3C=CC(C3)C12. The molecular formula is C16H16O2. The summed E-state index contributed by atoms with van der Waals surface area (Å²) in [7, 11) is 0. The number of carbonyl (C=O) groups is 2. The molecule has 8 unspecified atom stereocenters. The van der Waals surface area contributed by atoms with Gasteiger partial charge in [-0.05, 0) is 36.5 Å². The van der Waals surface area contributed by atoms with Gasteiger partial charge in [-0.3, -0.25) is 9.59 Å². The number of allylic oxidation sites excluding steroid dienone is 4. The number of carbonyl (C=O) groups excluding carboxylic acids is 2. The normalized spacial score (nSPS) is 58.4. The van der Waals surface area contributed by atoms with Crippen molar-refractivity contribution in [2.75, 3.05) is 0 Å². The Morgan fingerprint density at radius 2 is 0.889 bits per heavy atom. The average Bonchev–Trinajstić information content (AvgIpc) is 3.10. The summed E-state index contributed by atoms with van der Waals surface area (Å²) in [6.45, 7) is 0. The molecule has 5 rings (SSSR count). The number of fused-ring (bicyclic) bond motifs is 10. The van der Waals surface area contributed by atoms with E-state index in [4.69, 9.17) is 0 Å². The fraction of sp³-hybridized carbons (Fsp3) is 0.625. The van der Waals surface area contributed by atoms with Crippen molar-refractivity contribution < 1.29 is 9.59 Å². The van der Waals surface area contributed by atoms with E-state index in [1.165, 1.54) is 0 Å². The summed E-state index contributed by atoms with van der Waals surface area (Å²) < 4.78 is 0. The molecule has 0 radical (unpaired) electrons. The Morgan fingerprint density at radius 1 is 0.611 bits per heavy atom.